The van der Waals surface area contributed by atoms with Gasteiger partial charge in [-0.1, -0.05) is 24.6 Å². The summed E-state index contributed by atoms with van der Waals surface area (Å²) in [7, 11) is 0. The minimum Gasteiger partial charge on any atom is -0.387 e. The van der Waals surface area contributed by atoms with E-state index >= 15 is 0 Å². The molecule has 90 valence electrons. The normalized spacial score (nSPS) is 19.5. The van der Waals surface area contributed by atoms with Gasteiger partial charge in [0, 0.05) is 5.56 Å². The molecule has 0 aromatic heterocycles. The molecule has 1 saturated carbocycles. The topological polar surface area (TPSA) is 44.0 Å². The molecule has 1 N–H and O–H groups in total. The maximum atomic E-state index is 12.5. The van der Waals surface area contributed by atoms with Crippen LogP contribution in [0.2, 0.25) is 0 Å². The molecule has 0 bridgehead atoms. The van der Waals surface area contributed by atoms with E-state index in [-0.39, 0.29) is 5.56 Å². The molecule has 1 unspecified atom stereocenters. The minimum atomic E-state index is -2.55. The zero-order chi connectivity index (χ0) is 12.5. The lowest BCUT2D eigenvalue weighted by molar-refractivity contribution is 0.00774. The van der Waals surface area contributed by atoms with Gasteiger partial charge in [-0.05, 0) is 24.5 Å². The number of rotatable bonds is 3. The van der Waals surface area contributed by atoms with Crippen molar-refractivity contribution in [2.45, 2.75) is 31.8 Å². The van der Waals surface area contributed by atoms with Crippen molar-refractivity contribution in [3.05, 3.63) is 35.4 Å². The third kappa shape index (κ3) is 2.03. The summed E-state index contributed by atoms with van der Waals surface area (Å²) in [5.74, 6) is 0. The number of hydrogen-bond acceptors (Lipinski definition) is 2. The Kier molecular flexibility index (Phi) is 3.12. The van der Waals surface area contributed by atoms with Crippen LogP contribution in [0.1, 0.15) is 42.9 Å². The number of aliphatic hydroxyl groups excluding tert-OH is 1. The molecule has 1 aromatic rings. The van der Waals surface area contributed by atoms with E-state index in [1.165, 1.54) is 18.2 Å². The number of hydrogen-bond donors (Lipinski definition) is 1. The number of nitrogens with zero attached hydrogens (tertiary/aromatic N) is 1. The highest BCUT2D eigenvalue weighted by atomic mass is 19.3. The summed E-state index contributed by atoms with van der Waals surface area (Å²) in [6.45, 7) is 0. The highest BCUT2D eigenvalue weighted by Gasteiger charge is 2.44. The summed E-state index contributed by atoms with van der Waals surface area (Å²) in [5, 5.41) is 19.2. The molecule has 0 amide bonds. The summed E-state index contributed by atoms with van der Waals surface area (Å²) in [6, 6.07) is 7.81. The molecule has 0 heterocycles. The van der Waals surface area contributed by atoms with Gasteiger partial charge in [0.05, 0.1) is 17.6 Å². The smallest absolute Gasteiger partial charge is 0.263 e. The lowest BCUT2D eigenvalue weighted by atomic mass is 9.64. The van der Waals surface area contributed by atoms with E-state index in [2.05, 4.69) is 6.07 Å². The first-order valence-electron chi connectivity index (χ1n) is 5.56. The Morgan fingerprint density at radius 1 is 1.29 bits per heavy atom. The second-order valence-electron chi connectivity index (χ2n) is 4.49. The van der Waals surface area contributed by atoms with Crippen molar-refractivity contribution in [1.82, 2.24) is 0 Å². The number of benzene rings is 1. The van der Waals surface area contributed by atoms with Gasteiger partial charge in [-0.2, -0.15) is 5.26 Å². The van der Waals surface area contributed by atoms with Gasteiger partial charge in [0.25, 0.3) is 6.43 Å². The van der Waals surface area contributed by atoms with Crippen LogP contribution in [0.5, 0.6) is 0 Å². The molecule has 4 heteroatoms. The van der Waals surface area contributed by atoms with Crippen molar-refractivity contribution in [3.63, 3.8) is 0 Å². The molecule has 1 aromatic carbocycles. The second-order valence-corrected chi connectivity index (χ2v) is 4.49. The van der Waals surface area contributed by atoms with Crippen LogP contribution in [-0.4, -0.2) is 5.11 Å². The third-order valence-electron chi connectivity index (χ3n) is 3.47. The van der Waals surface area contributed by atoms with Crippen LogP contribution in [-0.2, 0) is 0 Å². The van der Waals surface area contributed by atoms with Gasteiger partial charge in [0.2, 0.25) is 0 Å². The largest absolute Gasteiger partial charge is 0.387 e. The van der Waals surface area contributed by atoms with Crippen molar-refractivity contribution < 1.29 is 13.9 Å². The lowest BCUT2D eigenvalue weighted by Crippen LogP contribution is -2.34. The van der Waals surface area contributed by atoms with Crippen molar-refractivity contribution in [2.75, 3.05) is 0 Å². The van der Waals surface area contributed by atoms with Gasteiger partial charge in [-0.3, -0.25) is 0 Å². The number of alkyl halides is 2. The number of aliphatic hydroxyl groups is 1. The van der Waals surface area contributed by atoms with Crippen LogP contribution in [0.25, 0.3) is 0 Å². The third-order valence-corrected chi connectivity index (χ3v) is 3.47. The van der Waals surface area contributed by atoms with E-state index in [4.69, 9.17) is 5.26 Å². The summed E-state index contributed by atoms with van der Waals surface area (Å²) in [5.41, 5.74) is -0.487. The fraction of sp³-hybridized carbons (Fsp3) is 0.462. The van der Waals surface area contributed by atoms with Gasteiger partial charge >= 0.3 is 0 Å². The first kappa shape index (κ1) is 12.0. The molecular weight excluding hydrogens is 224 g/mol. The molecule has 0 aliphatic heterocycles. The predicted molar refractivity (Wildman–Crippen MR) is 58.3 cm³/mol. The Morgan fingerprint density at radius 3 is 2.41 bits per heavy atom. The zero-order valence-electron chi connectivity index (χ0n) is 9.24. The van der Waals surface area contributed by atoms with Gasteiger partial charge in [0.15, 0.2) is 0 Å². The molecule has 1 aliphatic carbocycles. The zero-order valence-corrected chi connectivity index (χ0v) is 9.24. The number of halogens is 2. The average Bonchev–Trinajstić information content (AvgIpc) is 2.28. The highest BCUT2D eigenvalue weighted by molar-refractivity contribution is 5.29. The summed E-state index contributed by atoms with van der Waals surface area (Å²) in [4.78, 5) is 0. The SMILES string of the molecule is N#CC1(C(O)c2cccc(C(F)F)c2)CCC1. The lowest BCUT2D eigenvalue weighted by Gasteiger charge is -2.39. The summed E-state index contributed by atoms with van der Waals surface area (Å²) in [6.07, 6.45) is -1.37. The number of nitriles is 1. The maximum Gasteiger partial charge on any atom is 0.263 e. The molecule has 0 saturated heterocycles. The minimum absolute atomic E-state index is 0.117. The molecular formula is C13H13F2NO. The van der Waals surface area contributed by atoms with Crippen LogP contribution in [0.3, 0.4) is 0 Å². The quantitative estimate of drug-likeness (QED) is 0.876. The van der Waals surface area contributed by atoms with Crippen LogP contribution < -0.4 is 0 Å². The van der Waals surface area contributed by atoms with Crippen molar-refractivity contribution in [2.24, 2.45) is 5.41 Å². The monoisotopic (exact) mass is 237 g/mol. The fourth-order valence-corrected chi connectivity index (χ4v) is 2.19. The fourth-order valence-electron chi connectivity index (χ4n) is 2.19. The van der Waals surface area contributed by atoms with Crippen LogP contribution in [0.15, 0.2) is 24.3 Å². The van der Waals surface area contributed by atoms with Crippen LogP contribution >= 0.6 is 0 Å². The summed E-state index contributed by atoms with van der Waals surface area (Å²) >= 11 is 0. The van der Waals surface area contributed by atoms with Gasteiger partial charge in [-0.25, -0.2) is 8.78 Å². The van der Waals surface area contributed by atoms with E-state index in [9.17, 15) is 13.9 Å². The molecule has 1 aliphatic rings. The van der Waals surface area contributed by atoms with Crippen molar-refractivity contribution >= 4 is 0 Å². The van der Waals surface area contributed by atoms with E-state index < -0.39 is 17.9 Å². The van der Waals surface area contributed by atoms with E-state index in [0.717, 1.165) is 6.42 Å². The highest BCUT2D eigenvalue weighted by Crippen LogP contribution is 2.49. The average molecular weight is 237 g/mol. The molecule has 1 atom stereocenters. The molecule has 2 rings (SSSR count). The first-order valence-corrected chi connectivity index (χ1v) is 5.56. The van der Waals surface area contributed by atoms with Gasteiger partial charge < -0.3 is 5.11 Å². The molecule has 17 heavy (non-hydrogen) atoms. The maximum absolute atomic E-state index is 12.5. The molecule has 0 spiro atoms. The molecule has 1 fully saturated rings. The summed E-state index contributed by atoms with van der Waals surface area (Å²) < 4.78 is 25.1. The first-order chi connectivity index (χ1) is 8.09. The molecule has 2 nitrogen and oxygen atoms in total. The van der Waals surface area contributed by atoms with Crippen LogP contribution in [0, 0.1) is 16.7 Å². The van der Waals surface area contributed by atoms with Crippen molar-refractivity contribution in [3.8, 4) is 6.07 Å². The van der Waals surface area contributed by atoms with E-state index in [1.54, 1.807) is 6.07 Å². The Balaban J connectivity index is 2.28. The predicted octanol–water partition coefficient (Wildman–Crippen LogP) is 3.35. The van der Waals surface area contributed by atoms with Gasteiger partial charge in [-0.15, -0.1) is 0 Å². The van der Waals surface area contributed by atoms with E-state index in [1.807, 2.05) is 0 Å². The Labute approximate surface area is 98.5 Å². The second kappa shape index (κ2) is 4.42. The molecule has 0 radical (unpaired) electrons. The Bertz CT molecular complexity index is 449. The van der Waals surface area contributed by atoms with Crippen LogP contribution in [0.4, 0.5) is 8.78 Å². The standard InChI is InChI=1S/C13H13F2NO/c14-12(15)10-4-1-3-9(7-10)11(17)13(8-16)5-2-6-13/h1,3-4,7,11-12,17H,2,5-6H2. The Hall–Kier alpha value is -1.47. The Morgan fingerprint density at radius 2 is 1.94 bits per heavy atom. The van der Waals surface area contributed by atoms with Gasteiger partial charge in [0.1, 0.15) is 0 Å². The van der Waals surface area contributed by atoms with E-state index in [0.29, 0.717) is 18.4 Å². The van der Waals surface area contributed by atoms with Crippen molar-refractivity contribution in [1.29, 1.82) is 5.26 Å².